The van der Waals surface area contributed by atoms with Gasteiger partial charge < -0.3 is 20.4 Å². The van der Waals surface area contributed by atoms with Crippen molar-refractivity contribution in [1.29, 1.82) is 0 Å². The lowest BCUT2D eigenvalue weighted by atomic mass is 10.1. The van der Waals surface area contributed by atoms with Gasteiger partial charge in [-0.2, -0.15) is 0 Å². The fraction of sp³-hybridized carbons (Fsp3) is 0.300. The molecule has 2 saturated heterocycles. The number of aliphatic carboxylic acids is 4. The molecule has 2 aromatic carbocycles. The molecule has 2 aromatic rings. The number of carbonyl (C=O) groups excluding carboxylic acids is 1. The number of nitrogens with zero attached hydrogens (tertiary/aromatic N) is 3. The lowest BCUT2D eigenvalue weighted by Gasteiger charge is -2.38. The second-order valence-electron chi connectivity index (χ2n) is 9.81. The maximum atomic E-state index is 13.3. The van der Waals surface area contributed by atoms with Crippen molar-refractivity contribution < 1.29 is 44.4 Å². The highest BCUT2D eigenvalue weighted by molar-refractivity contribution is 7.99. The Hall–Kier alpha value is -4.17. The molecule has 1 unspecified atom stereocenters. The summed E-state index contributed by atoms with van der Waals surface area (Å²) in [6.07, 6.45) is 5.37. The van der Waals surface area contributed by atoms with Gasteiger partial charge in [0.05, 0.1) is 11.4 Å². The maximum absolute atomic E-state index is 13.3. The predicted molar refractivity (Wildman–Crippen MR) is 164 cm³/mol. The number of fused-ring (bicyclic) bond motifs is 3. The van der Waals surface area contributed by atoms with Crippen LogP contribution in [0.15, 0.2) is 76.6 Å². The number of halogens is 1. The number of para-hydroxylation sites is 1. The van der Waals surface area contributed by atoms with Crippen molar-refractivity contribution >= 4 is 64.5 Å². The summed E-state index contributed by atoms with van der Waals surface area (Å²) in [5.74, 6) is -4.88. The van der Waals surface area contributed by atoms with Crippen LogP contribution in [0.5, 0.6) is 0 Å². The van der Waals surface area contributed by atoms with Gasteiger partial charge in [0, 0.05) is 77.8 Å². The van der Waals surface area contributed by atoms with Gasteiger partial charge in [-0.1, -0.05) is 35.5 Å². The summed E-state index contributed by atoms with van der Waals surface area (Å²) in [5, 5.41) is 31.9. The molecule has 234 valence electrons. The quantitative estimate of drug-likeness (QED) is 0.318. The molecule has 1 amide bonds. The highest BCUT2D eigenvalue weighted by atomic mass is 35.5. The fourth-order valence-corrected chi connectivity index (χ4v) is 6.11. The summed E-state index contributed by atoms with van der Waals surface area (Å²) < 4.78 is 0. The Morgan fingerprint density at radius 2 is 1.39 bits per heavy atom. The smallest absolute Gasteiger partial charge is 0.328 e. The number of hydrogen-bond donors (Lipinski definition) is 4. The second-order valence-corrected chi connectivity index (χ2v) is 11.3. The zero-order valence-electron chi connectivity index (χ0n) is 23.5. The van der Waals surface area contributed by atoms with Gasteiger partial charge in [-0.3, -0.25) is 19.5 Å². The Bertz CT molecular complexity index is 1380. The summed E-state index contributed by atoms with van der Waals surface area (Å²) in [6.45, 7) is 5.38. The summed E-state index contributed by atoms with van der Waals surface area (Å²) in [4.78, 5) is 60.7. The van der Waals surface area contributed by atoms with Gasteiger partial charge in [0.25, 0.3) is 0 Å². The van der Waals surface area contributed by atoms with Crippen molar-refractivity contribution in [3.05, 3.63) is 71.8 Å². The fourth-order valence-electron chi connectivity index (χ4n) is 4.91. The molecule has 0 aromatic heterocycles. The van der Waals surface area contributed by atoms with Gasteiger partial charge in [0.2, 0.25) is 5.91 Å². The lowest BCUT2D eigenvalue weighted by Crippen LogP contribution is -2.50. The first-order valence-corrected chi connectivity index (χ1v) is 14.8. The average molecular weight is 646 g/mol. The van der Waals surface area contributed by atoms with E-state index in [9.17, 15) is 24.0 Å². The monoisotopic (exact) mass is 645 g/mol. The molecule has 1 atom stereocenters. The molecule has 0 spiro atoms. The van der Waals surface area contributed by atoms with E-state index in [2.05, 4.69) is 15.9 Å². The van der Waals surface area contributed by atoms with E-state index in [1.165, 1.54) is 19.4 Å². The number of rotatable bonds is 7. The third kappa shape index (κ3) is 10.5. The first-order valence-electron chi connectivity index (χ1n) is 13.6. The van der Waals surface area contributed by atoms with Crippen LogP contribution in [0.4, 0.5) is 11.4 Å². The Balaban J connectivity index is 0.000000275. The zero-order valence-corrected chi connectivity index (χ0v) is 25.1. The van der Waals surface area contributed by atoms with Crippen LogP contribution < -0.4 is 4.90 Å². The Morgan fingerprint density at radius 3 is 2.00 bits per heavy atom. The van der Waals surface area contributed by atoms with Gasteiger partial charge in [0.1, 0.15) is 0 Å². The Labute approximate surface area is 262 Å². The Morgan fingerprint density at radius 1 is 0.795 bits per heavy atom. The third-order valence-electron chi connectivity index (χ3n) is 6.79. The molecule has 0 radical (unpaired) electrons. The zero-order chi connectivity index (χ0) is 32.2. The van der Waals surface area contributed by atoms with Crippen molar-refractivity contribution in [3.63, 3.8) is 0 Å². The van der Waals surface area contributed by atoms with Crippen LogP contribution in [0, 0.1) is 0 Å². The van der Waals surface area contributed by atoms with Crippen molar-refractivity contribution in [3.8, 4) is 0 Å². The van der Waals surface area contributed by atoms with Crippen LogP contribution in [-0.2, 0) is 24.0 Å². The molecule has 0 aliphatic carbocycles. The van der Waals surface area contributed by atoms with Crippen LogP contribution in [0.2, 0.25) is 5.02 Å². The van der Waals surface area contributed by atoms with Crippen molar-refractivity contribution in [2.24, 2.45) is 0 Å². The maximum Gasteiger partial charge on any atom is 0.328 e. The van der Waals surface area contributed by atoms with Crippen molar-refractivity contribution in [2.75, 3.05) is 37.6 Å². The minimum Gasteiger partial charge on any atom is -0.478 e. The summed E-state index contributed by atoms with van der Waals surface area (Å²) in [7, 11) is 0. The number of amides is 1. The molecule has 0 saturated carbocycles. The highest BCUT2D eigenvalue weighted by Crippen LogP contribution is 2.49. The molecule has 5 rings (SSSR count). The molecular formula is C30H32ClN3O9S. The summed E-state index contributed by atoms with van der Waals surface area (Å²) in [6, 6.07) is 14.6. The number of benzene rings is 2. The van der Waals surface area contributed by atoms with E-state index in [1.54, 1.807) is 11.8 Å². The van der Waals surface area contributed by atoms with E-state index in [1.807, 2.05) is 41.3 Å². The standard InChI is InChI=1S/C22H24ClN3OS.2C4H4O4/c23-16-7-8-21-19(14-16)26(18-5-1-2-6-20(18)28-21)22(27)9-11-24-12-13-25-10-3-4-17(25)15-24;2*5-3(6)1-2-4(7)8/h1-2,5-8,14,17H,3-4,9-13,15H2;2*1-2H,(H,5,6)(H,7,8)/b;2*2-1-. The van der Waals surface area contributed by atoms with Crippen LogP contribution in [-0.4, -0.2) is 98.8 Å². The SMILES string of the molecule is O=C(CCN1CCN2CCCC2C1)N1c2ccccc2Sc2ccc(Cl)cc21.O=C(O)/C=C\C(=O)O.O=C(O)/C=C\C(=O)O. The number of carboxylic acids is 4. The minimum absolute atomic E-state index is 0.144. The first kappa shape index (κ1) is 34.3. The first-order chi connectivity index (χ1) is 20.9. The lowest BCUT2D eigenvalue weighted by molar-refractivity contribution is -0.134. The molecule has 0 bridgehead atoms. The summed E-state index contributed by atoms with van der Waals surface area (Å²) >= 11 is 7.96. The van der Waals surface area contributed by atoms with Crippen LogP contribution in [0.25, 0.3) is 0 Å². The van der Waals surface area contributed by atoms with E-state index in [-0.39, 0.29) is 5.91 Å². The summed E-state index contributed by atoms with van der Waals surface area (Å²) in [5.41, 5.74) is 1.87. The van der Waals surface area contributed by atoms with Gasteiger partial charge in [-0.15, -0.1) is 0 Å². The Kier molecular flexibility index (Phi) is 13.0. The number of carboxylic acid groups (broad SMARTS) is 4. The highest BCUT2D eigenvalue weighted by Gasteiger charge is 2.32. The van der Waals surface area contributed by atoms with Crippen LogP contribution >= 0.6 is 23.4 Å². The van der Waals surface area contributed by atoms with E-state index >= 15 is 0 Å². The largest absolute Gasteiger partial charge is 0.478 e. The topological polar surface area (TPSA) is 176 Å². The third-order valence-corrected chi connectivity index (χ3v) is 8.15. The van der Waals surface area contributed by atoms with Crippen LogP contribution in [0.3, 0.4) is 0 Å². The van der Waals surface area contributed by atoms with E-state index < -0.39 is 23.9 Å². The van der Waals surface area contributed by atoms with Gasteiger partial charge in [-0.25, -0.2) is 19.2 Å². The normalized spacial score (nSPS) is 17.4. The predicted octanol–water partition coefficient (Wildman–Crippen LogP) is 4.06. The van der Waals surface area contributed by atoms with Crippen LogP contribution in [0.1, 0.15) is 19.3 Å². The number of carbonyl (C=O) groups is 5. The molecule has 3 aliphatic heterocycles. The molecule has 14 heteroatoms. The van der Waals surface area contributed by atoms with Gasteiger partial charge in [0.15, 0.2) is 0 Å². The minimum atomic E-state index is -1.26. The van der Waals surface area contributed by atoms with Gasteiger partial charge >= 0.3 is 23.9 Å². The number of piperazine rings is 1. The number of hydrogen-bond acceptors (Lipinski definition) is 8. The molecule has 3 heterocycles. The van der Waals surface area contributed by atoms with E-state index in [0.29, 0.717) is 41.8 Å². The second kappa shape index (κ2) is 16.6. The number of anilines is 2. The average Bonchev–Trinajstić information content (AvgIpc) is 3.45. The molecule has 3 aliphatic rings. The molecular weight excluding hydrogens is 614 g/mol. The van der Waals surface area contributed by atoms with E-state index in [0.717, 1.165) is 47.3 Å². The molecule has 12 nitrogen and oxygen atoms in total. The van der Waals surface area contributed by atoms with Crippen molar-refractivity contribution in [2.45, 2.75) is 35.1 Å². The van der Waals surface area contributed by atoms with Crippen molar-refractivity contribution in [1.82, 2.24) is 9.80 Å². The van der Waals surface area contributed by atoms with Gasteiger partial charge in [-0.05, 0) is 49.7 Å². The molecule has 44 heavy (non-hydrogen) atoms. The molecule has 4 N–H and O–H groups in total. The van der Waals surface area contributed by atoms with E-state index in [4.69, 9.17) is 32.0 Å². The molecule has 2 fully saturated rings.